The average Bonchev–Trinajstić information content (AvgIpc) is 3.44. The van der Waals surface area contributed by atoms with Gasteiger partial charge in [-0.2, -0.15) is 26.9 Å². The molecular weight excluding hydrogens is 444 g/mol. The molecule has 33 heavy (non-hydrogen) atoms. The third-order valence-electron chi connectivity index (χ3n) is 6.01. The number of nitrogens with zero attached hydrogens (tertiary/aromatic N) is 7. The van der Waals surface area contributed by atoms with E-state index in [1.54, 1.807) is 12.4 Å². The van der Waals surface area contributed by atoms with Crippen LogP contribution in [-0.2, 0) is 15.6 Å². The molecule has 0 aliphatic heterocycles. The second-order valence-electron chi connectivity index (χ2n) is 8.16. The van der Waals surface area contributed by atoms with E-state index >= 15 is 0 Å². The van der Waals surface area contributed by atoms with Gasteiger partial charge in [0, 0.05) is 32.1 Å². The number of hydrogen-bond donors (Lipinski definition) is 1. The second-order valence-corrected chi connectivity index (χ2v) is 10.2. The highest BCUT2D eigenvalue weighted by Crippen LogP contribution is 2.48. The molecule has 1 aliphatic rings. The van der Waals surface area contributed by atoms with Crippen molar-refractivity contribution in [2.24, 2.45) is 0 Å². The number of hydrogen-bond acceptors (Lipinski definition) is 9. The fraction of sp³-hybridized carbons (Fsp3) is 0.286. The van der Waals surface area contributed by atoms with Gasteiger partial charge in [-0.05, 0) is 24.0 Å². The zero-order valence-electron chi connectivity index (χ0n) is 18.1. The third kappa shape index (κ3) is 3.56. The van der Waals surface area contributed by atoms with Crippen LogP contribution in [0.2, 0.25) is 0 Å². The molecule has 12 heteroatoms. The van der Waals surface area contributed by atoms with Gasteiger partial charge in [0.2, 0.25) is 5.95 Å². The number of aromatic nitrogens is 6. The van der Waals surface area contributed by atoms with Crippen molar-refractivity contribution in [3.63, 3.8) is 0 Å². The number of anilines is 1. The molecule has 4 aromatic rings. The monoisotopic (exact) mass is 466 g/mol. The molecule has 11 nitrogen and oxygen atoms in total. The van der Waals surface area contributed by atoms with Gasteiger partial charge in [-0.25, -0.2) is 9.97 Å². The molecule has 1 aromatic carbocycles. The van der Waals surface area contributed by atoms with Gasteiger partial charge in [0.05, 0.1) is 23.4 Å². The van der Waals surface area contributed by atoms with Crippen molar-refractivity contribution in [1.29, 1.82) is 0 Å². The summed E-state index contributed by atoms with van der Waals surface area (Å²) in [5, 5.41) is 8.18. The van der Waals surface area contributed by atoms with E-state index in [0.29, 0.717) is 11.4 Å². The molecule has 2 N–H and O–H groups in total. The van der Waals surface area contributed by atoms with Crippen molar-refractivity contribution < 1.29 is 12.9 Å². The predicted octanol–water partition coefficient (Wildman–Crippen LogP) is 2.10. The van der Waals surface area contributed by atoms with E-state index in [4.69, 9.17) is 10.3 Å². The first kappa shape index (κ1) is 21.2. The van der Waals surface area contributed by atoms with Gasteiger partial charge in [0.25, 0.3) is 5.89 Å². The Morgan fingerprint density at radius 3 is 2.33 bits per heavy atom. The van der Waals surface area contributed by atoms with Crippen LogP contribution < -0.4 is 5.73 Å². The summed E-state index contributed by atoms with van der Waals surface area (Å²) in [6.07, 6.45) is 8.99. The second kappa shape index (κ2) is 7.74. The molecule has 0 amide bonds. The maximum Gasteiger partial charge on any atom is 0.322 e. The van der Waals surface area contributed by atoms with Gasteiger partial charge in [-0.15, -0.1) is 0 Å². The molecule has 0 bridgehead atoms. The van der Waals surface area contributed by atoms with Gasteiger partial charge in [0.1, 0.15) is 0 Å². The summed E-state index contributed by atoms with van der Waals surface area (Å²) in [7, 11) is -0.843. The molecule has 0 atom stereocenters. The highest BCUT2D eigenvalue weighted by atomic mass is 32.2. The minimum Gasteiger partial charge on any atom is -0.368 e. The van der Waals surface area contributed by atoms with Crippen LogP contribution in [0, 0.1) is 0 Å². The third-order valence-corrected chi connectivity index (χ3v) is 7.60. The van der Waals surface area contributed by atoms with Crippen molar-refractivity contribution in [3.05, 3.63) is 60.4 Å². The Labute approximate surface area is 190 Å². The lowest BCUT2D eigenvalue weighted by molar-refractivity contribution is 0.273. The summed E-state index contributed by atoms with van der Waals surface area (Å²) < 4.78 is 32.0. The maximum atomic E-state index is 12.3. The highest BCUT2D eigenvalue weighted by molar-refractivity contribution is 7.87. The van der Waals surface area contributed by atoms with Crippen molar-refractivity contribution >= 4 is 16.2 Å². The first-order valence-electron chi connectivity index (χ1n) is 10.3. The maximum absolute atomic E-state index is 12.3. The SMILES string of the molecule is CN(C)S(=O)(=O)n1cc(-c2nc(C3(c4ccc(-c5cnc(N)nc5)cc4)CCC3)no2)cn1. The number of rotatable bonds is 6. The van der Waals surface area contributed by atoms with E-state index < -0.39 is 10.2 Å². The van der Waals surface area contributed by atoms with Crippen molar-refractivity contribution in [3.8, 4) is 22.6 Å². The van der Waals surface area contributed by atoms with E-state index in [1.807, 2.05) is 12.1 Å². The lowest BCUT2D eigenvalue weighted by Gasteiger charge is -2.39. The van der Waals surface area contributed by atoms with E-state index in [-0.39, 0.29) is 17.3 Å². The topological polar surface area (TPSA) is 146 Å². The zero-order chi connectivity index (χ0) is 23.2. The Morgan fingerprint density at radius 2 is 1.73 bits per heavy atom. The van der Waals surface area contributed by atoms with Crippen LogP contribution in [0.15, 0.2) is 53.6 Å². The van der Waals surface area contributed by atoms with E-state index in [9.17, 15) is 8.42 Å². The first-order valence-corrected chi connectivity index (χ1v) is 11.7. The Morgan fingerprint density at radius 1 is 1.03 bits per heavy atom. The molecule has 0 spiro atoms. The van der Waals surface area contributed by atoms with Crippen LogP contribution in [-0.4, -0.2) is 56.1 Å². The zero-order valence-corrected chi connectivity index (χ0v) is 18.9. The molecule has 0 radical (unpaired) electrons. The summed E-state index contributed by atoms with van der Waals surface area (Å²) in [6.45, 7) is 0. The van der Waals surface area contributed by atoms with Gasteiger partial charge in [0.15, 0.2) is 5.82 Å². The van der Waals surface area contributed by atoms with E-state index in [2.05, 4.69) is 37.3 Å². The fourth-order valence-electron chi connectivity index (χ4n) is 3.88. The Hall–Kier alpha value is -3.64. The van der Waals surface area contributed by atoms with Crippen molar-refractivity contribution in [1.82, 2.24) is 33.6 Å². The molecule has 170 valence electrons. The van der Waals surface area contributed by atoms with E-state index in [0.717, 1.165) is 44.3 Å². The minimum atomic E-state index is -3.72. The molecule has 1 fully saturated rings. The van der Waals surface area contributed by atoms with Crippen LogP contribution in [0.3, 0.4) is 0 Å². The minimum absolute atomic E-state index is 0.229. The van der Waals surface area contributed by atoms with Crippen LogP contribution >= 0.6 is 0 Å². The summed E-state index contributed by atoms with van der Waals surface area (Å²) in [4.78, 5) is 12.7. The molecule has 3 heterocycles. The molecule has 1 aliphatic carbocycles. The lowest BCUT2D eigenvalue weighted by atomic mass is 9.64. The van der Waals surface area contributed by atoms with E-state index in [1.165, 1.54) is 26.5 Å². The fourth-order valence-corrected chi connectivity index (χ4v) is 4.63. The first-order chi connectivity index (χ1) is 15.8. The normalized spacial score (nSPS) is 15.5. The Bertz CT molecular complexity index is 1390. The predicted molar refractivity (Wildman–Crippen MR) is 120 cm³/mol. The largest absolute Gasteiger partial charge is 0.368 e. The average molecular weight is 467 g/mol. The molecular formula is C21H22N8O3S. The van der Waals surface area contributed by atoms with Gasteiger partial charge in [-0.3, -0.25) is 0 Å². The number of nitrogens with two attached hydrogens (primary N) is 1. The number of benzene rings is 1. The van der Waals surface area contributed by atoms with Gasteiger partial charge in [-0.1, -0.05) is 35.8 Å². The molecule has 0 unspecified atom stereocenters. The Kier molecular flexibility index (Phi) is 4.98. The smallest absolute Gasteiger partial charge is 0.322 e. The van der Waals surface area contributed by atoms with Crippen LogP contribution in [0.1, 0.15) is 30.7 Å². The summed E-state index contributed by atoms with van der Waals surface area (Å²) in [5.41, 5.74) is 8.62. The molecule has 5 rings (SSSR count). The number of nitrogen functional groups attached to an aromatic ring is 1. The van der Waals surface area contributed by atoms with Crippen LogP contribution in [0.5, 0.6) is 0 Å². The quantitative estimate of drug-likeness (QED) is 0.451. The highest BCUT2D eigenvalue weighted by Gasteiger charge is 2.44. The van der Waals surface area contributed by atoms with Crippen LogP contribution in [0.4, 0.5) is 5.95 Å². The standard InChI is InChI=1S/C21H22N8O3S/c1-28(2)33(30,31)29-13-16(12-25-29)18-26-19(27-32-18)21(8-3-9-21)17-6-4-14(5-7-17)15-10-23-20(22)24-11-15/h4-7,10-13H,3,8-9H2,1-2H3,(H2,22,23,24). The lowest BCUT2D eigenvalue weighted by Crippen LogP contribution is -2.36. The van der Waals surface area contributed by atoms with Crippen molar-refractivity contribution in [2.45, 2.75) is 24.7 Å². The molecule has 3 aromatic heterocycles. The van der Waals surface area contributed by atoms with Crippen LogP contribution in [0.25, 0.3) is 22.6 Å². The summed E-state index contributed by atoms with van der Waals surface area (Å²) in [5.74, 6) is 1.05. The van der Waals surface area contributed by atoms with Crippen molar-refractivity contribution in [2.75, 3.05) is 19.8 Å². The summed E-state index contributed by atoms with van der Waals surface area (Å²) >= 11 is 0. The summed E-state index contributed by atoms with van der Waals surface area (Å²) in [6, 6.07) is 8.15. The molecule has 1 saturated carbocycles. The Balaban J connectivity index is 1.44. The van der Waals surface area contributed by atoms with Gasteiger partial charge < -0.3 is 10.3 Å². The molecule has 0 saturated heterocycles. The van der Waals surface area contributed by atoms with Gasteiger partial charge >= 0.3 is 10.2 Å².